The van der Waals surface area contributed by atoms with Gasteiger partial charge in [0, 0.05) is 18.7 Å². The van der Waals surface area contributed by atoms with Crippen LogP contribution in [0.4, 0.5) is 4.39 Å². The average molecular weight is 451 g/mol. The molecule has 0 aliphatic carbocycles. The molecule has 7 nitrogen and oxygen atoms in total. The number of fused-ring (bicyclic) bond motifs is 2. The Morgan fingerprint density at radius 1 is 1.17 bits per heavy atom. The lowest BCUT2D eigenvalue weighted by atomic mass is 10.2. The van der Waals surface area contributed by atoms with Crippen molar-refractivity contribution in [3.05, 3.63) is 47.0 Å². The standard InChI is InChI=1S/C20H19FN2O5S2/c1-2-7-23-15-10-16-17(28-9-8-27-16)11-18(15)29-20(23)22-19(24)12-30(25,26)14-5-3-13(21)4-6-14/h3-6,10-11H,2,7-9,12H2,1H3. The molecule has 0 bridgehead atoms. The summed E-state index contributed by atoms with van der Waals surface area (Å²) >= 11 is 1.28. The third-order valence-corrected chi connectivity index (χ3v) is 7.16. The molecular weight excluding hydrogens is 431 g/mol. The molecule has 30 heavy (non-hydrogen) atoms. The van der Waals surface area contributed by atoms with Crippen molar-refractivity contribution in [3.8, 4) is 11.5 Å². The van der Waals surface area contributed by atoms with Crippen molar-refractivity contribution >= 4 is 37.3 Å². The first-order valence-electron chi connectivity index (χ1n) is 9.36. The normalized spacial score (nSPS) is 14.3. The molecule has 158 valence electrons. The largest absolute Gasteiger partial charge is 0.486 e. The summed E-state index contributed by atoms with van der Waals surface area (Å²) in [6.07, 6.45) is 0.801. The highest BCUT2D eigenvalue weighted by Gasteiger charge is 2.20. The Bertz CT molecular complexity index is 1280. The van der Waals surface area contributed by atoms with Crippen LogP contribution in [0.2, 0.25) is 0 Å². The summed E-state index contributed by atoms with van der Waals surface area (Å²) in [5, 5.41) is 0. The van der Waals surface area contributed by atoms with Crippen LogP contribution < -0.4 is 14.3 Å². The second kappa shape index (κ2) is 8.19. The molecule has 1 aliphatic heterocycles. The number of aryl methyl sites for hydroxylation is 1. The summed E-state index contributed by atoms with van der Waals surface area (Å²) in [4.78, 5) is 16.9. The molecule has 2 heterocycles. The fraction of sp³-hybridized carbons (Fsp3) is 0.300. The fourth-order valence-corrected chi connectivity index (χ4v) is 5.35. The molecule has 0 unspecified atom stereocenters. The zero-order chi connectivity index (χ0) is 21.3. The van der Waals surface area contributed by atoms with Crippen LogP contribution in [0.15, 0.2) is 46.3 Å². The highest BCUT2D eigenvalue weighted by atomic mass is 32.2. The van der Waals surface area contributed by atoms with Gasteiger partial charge in [-0.15, -0.1) is 0 Å². The first kappa shape index (κ1) is 20.5. The third kappa shape index (κ3) is 4.10. The predicted octanol–water partition coefficient (Wildman–Crippen LogP) is 2.92. The van der Waals surface area contributed by atoms with Gasteiger partial charge in [-0.1, -0.05) is 18.3 Å². The van der Waals surface area contributed by atoms with Crippen LogP contribution in [-0.2, 0) is 21.2 Å². The summed E-state index contributed by atoms with van der Waals surface area (Å²) in [6, 6.07) is 8.07. The number of hydrogen-bond donors (Lipinski definition) is 0. The Labute approximate surface area is 176 Å². The molecule has 1 aromatic heterocycles. The molecular formula is C20H19FN2O5S2. The smallest absolute Gasteiger partial charge is 0.263 e. The van der Waals surface area contributed by atoms with Crippen molar-refractivity contribution < 1.29 is 27.1 Å². The number of aromatic nitrogens is 1. The van der Waals surface area contributed by atoms with E-state index in [4.69, 9.17) is 9.47 Å². The Balaban J connectivity index is 1.71. The number of benzene rings is 2. The van der Waals surface area contributed by atoms with E-state index in [0.29, 0.717) is 36.1 Å². The van der Waals surface area contributed by atoms with Gasteiger partial charge in [-0.2, -0.15) is 4.99 Å². The molecule has 0 saturated carbocycles. The second-order valence-electron chi connectivity index (χ2n) is 6.72. The number of sulfone groups is 1. The van der Waals surface area contributed by atoms with Crippen molar-refractivity contribution in [2.75, 3.05) is 19.0 Å². The molecule has 1 aliphatic rings. The van der Waals surface area contributed by atoms with Crippen molar-refractivity contribution in [2.24, 2.45) is 4.99 Å². The minimum Gasteiger partial charge on any atom is -0.486 e. The van der Waals surface area contributed by atoms with Crippen LogP contribution in [0.3, 0.4) is 0 Å². The molecule has 4 rings (SSSR count). The zero-order valence-electron chi connectivity index (χ0n) is 16.1. The maximum Gasteiger partial charge on any atom is 0.263 e. The van der Waals surface area contributed by atoms with Gasteiger partial charge in [0.2, 0.25) is 0 Å². The number of hydrogen-bond acceptors (Lipinski definition) is 6. The van der Waals surface area contributed by atoms with Gasteiger partial charge >= 0.3 is 0 Å². The Morgan fingerprint density at radius 2 is 1.83 bits per heavy atom. The number of carbonyl (C=O) groups is 1. The molecule has 0 atom stereocenters. The zero-order valence-corrected chi connectivity index (χ0v) is 17.8. The van der Waals surface area contributed by atoms with Gasteiger partial charge in [0.05, 0.1) is 15.1 Å². The third-order valence-electron chi connectivity index (χ3n) is 4.50. The van der Waals surface area contributed by atoms with E-state index in [0.717, 1.165) is 40.9 Å². The van der Waals surface area contributed by atoms with E-state index in [2.05, 4.69) is 4.99 Å². The molecule has 0 N–H and O–H groups in total. The second-order valence-corrected chi connectivity index (χ2v) is 9.72. The van der Waals surface area contributed by atoms with Crippen LogP contribution in [0.5, 0.6) is 11.5 Å². The lowest BCUT2D eigenvalue weighted by molar-refractivity contribution is -0.115. The lowest BCUT2D eigenvalue weighted by Gasteiger charge is -2.18. The fourth-order valence-electron chi connectivity index (χ4n) is 3.16. The highest BCUT2D eigenvalue weighted by molar-refractivity contribution is 7.92. The van der Waals surface area contributed by atoms with Gasteiger partial charge in [0.15, 0.2) is 26.1 Å². The lowest BCUT2D eigenvalue weighted by Crippen LogP contribution is -2.21. The SMILES string of the molecule is CCCn1c(=NC(=O)CS(=O)(=O)c2ccc(F)cc2)sc2cc3c(cc21)OCCO3. The molecule has 0 saturated heterocycles. The Hall–Kier alpha value is -2.72. The molecule has 1 amide bonds. The van der Waals surface area contributed by atoms with Crippen molar-refractivity contribution in [2.45, 2.75) is 24.8 Å². The molecule has 3 aromatic rings. The van der Waals surface area contributed by atoms with Crippen LogP contribution in [0.1, 0.15) is 13.3 Å². The number of carbonyl (C=O) groups excluding carboxylic acids is 1. The van der Waals surface area contributed by atoms with E-state index < -0.39 is 27.3 Å². The summed E-state index contributed by atoms with van der Waals surface area (Å²) < 4.78 is 52.0. The van der Waals surface area contributed by atoms with Crippen molar-refractivity contribution in [1.29, 1.82) is 0 Å². The summed E-state index contributed by atoms with van der Waals surface area (Å²) in [5.74, 6) is -0.857. The first-order chi connectivity index (χ1) is 14.4. The van der Waals surface area contributed by atoms with Crippen molar-refractivity contribution in [1.82, 2.24) is 4.57 Å². The molecule has 0 spiro atoms. The van der Waals surface area contributed by atoms with Crippen LogP contribution >= 0.6 is 11.3 Å². The van der Waals surface area contributed by atoms with Crippen LogP contribution in [0.25, 0.3) is 10.2 Å². The molecule has 2 aromatic carbocycles. The molecule has 10 heteroatoms. The maximum absolute atomic E-state index is 13.1. The number of nitrogens with zero attached hydrogens (tertiary/aromatic N) is 2. The Kier molecular flexibility index (Phi) is 5.61. The quantitative estimate of drug-likeness (QED) is 0.558. The minimum atomic E-state index is -3.92. The molecule has 0 fully saturated rings. The highest BCUT2D eigenvalue weighted by Crippen LogP contribution is 2.35. The van der Waals surface area contributed by atoms with E-state index in [-0.39, 0.29) is 4.90 Å². The average Bonchev–Trinajstić information content (AvgIpc) is 3.02. The number of thiazole rings is 1. The number of ether oxygens (including phenoxy) is 2. The summed E-state index contributed by atoms with van der Waals surface area (Å²) in [6.45, 7) is 3.54. The van der Waals surface area contributed by atoms with E-state index in [1.54, 1.807) is 0 Å². The number of halogens is 1. The van der Waals surface area contributed by atoms with E-state index in [9.17, 15) is 17.6 Å². The summed E-state index contributed by atoms with van der Waals surface area (Å²) in [5.41, 5.74) is 0.846. The van der Waals surface area contributed by atoms with E-state index in [1.165, 1.54) is 11.3 Å². The van der Waals surface area contributed by atoms with Gasteiger partial charge < -0.3 is 14.0 Å². The van der Waals surface area contributed by atoms with Gasteiger partial charge in [-0.05, 0) is 30.7 Å². The van der Waals surface area contributed by atoms with Gasteiger partial charge in [-0.3, -0.25) is 4.79 Å². The first-order valence-corrected chi connectivity index (χ1v) is 11.8. The van der Waals surface area contributed by atoms with E-state index >= 15 is 0 Å². The summed E-state index contributed by atoms with van der Waals surface area (Å²) in [7, 11) is -3.92. The van der Waals surface area contributed by atoms with Gasteiger partial charge in [0.25, 0.3) is 5.91 Å². The van der Waals surface area contributed by atoms with Crippen molar-refractivity contribution in [3.63, 3.8) is 0 Å². The molecule has 0 radical (unpaired) electrons. The number of rotatable bonds is 5. The topological polar surface area (TPSA) is 87.0 Å². The monoisotopic (exact) mass is 450 g/mol. The van der Waals surface area contributed by atoms with Crippen LogP contribution in [-0.4, -0.2) is 37.9 Å². The van der Waals surface area contributed by atoms with E-state index in [1.807, 2.05) is 23.6 Å². The van der Waals surface area contributed by atoms with Gasteiger partial charge in [-0.25, -0.2) is 12.8 Å². The Morgan fingerprint density at radius 3 is 2.50 bits per heavy atom. The maximum atomic E-state index is 13.1. The minimum absolute atomic E-state index is 0.118. The predicted molar refractivity (Wildman–Crippen MR) is 110 cm³/mol. The van der Waals surface area contributed by atoms with Crippen LogP contribution in [0, 0.1) is 5.82 Å². The van der Waals surface area contributed by atoms with Gasteiger partial charge in [0.1, 0.15) is 24.8 Å². The number of amides is 1.